The molecule has 1 amide bonds. The minimum absolute atomic E-state index is 0.0716. The van der Waals surface area contributed by atoms with Crippen LogP contribution >= 0.6 is 23.2 Å². The molecule has 3 nitrogen and oxygen atoms in total. The first-order chi connectivity index (χ1) is 8.65. The Kier molecular flexibility index (Phi) is 4.49. The molecule has 18 heavy (non-hydrogen) atoms. The van der Waals surface area contributed by atoms with Gasteiger partial charge in [-0.05, 0) is 31.4 Å². The van der Waals surface area contributed by atoms with E-state index in [9.17, 15) is 4.79 Å². The Bertz CT molecular complexity index is 451. The predicted molar refractivity (Wildman–Crippen MR) is 74.2 cm³/mol. The fraction of sp³-hybridized carbons (Fsp3) is 0.462. The van der Waals surface area contributed by atoms with E-state index in [1.807, 2.05) is 4.90 Å². The highest BCUT2D eigenvalue weighted by atomic mass is 35.5. The number of likely N-dealkylation sites (tertiary alicyclic amines) is 1. The van der Waals surface area contributed by atoms with Gasteiger partial charge in [-0.1, -0.05) is 29.3 Å². The number of carbonyl (C=O) groups is 1. The van der Waals surface area contributed by atoms with Crippen LogP contribution in [0.5, 0.6) is 0 Å². The van der Waals surface area contributed by atoms with E-state index in [1.54, 1.807) is 18.2 Å². The van der Waals surface area contributed by atoms with E-state index in [2.05, 4.69) is 0 Å². The summed E-state index contributed by atoms with van der Waals surface area (Å²) in [5, 5.41) is 0.731. The predicted octanol–water partition coefficient (Wildman–Crippen LogP) is 2.95. The van der Waals surface area contributed by atoms with Crippen molar-refractivity contribution < 1.29 is 4.79 Å². The van der Waals surface area contributed by atoms with E-state index in [-0.39, 0.29) is 11.9 Å². The van der Waals surface area contributed by atoms with Crippen molar-refractivity contribution >= 4 is 29.1 Å². The molecular formula is C13H16Cl2N2O. The molecule has 1 atom stereocenters. The third-order valence-corrected chi connectivity index (χ3v) is 4.16. The largest absolute Gasteiger partial charge is 0.334 e. The van der Waals surface area contributed by atoms with Crippen molar-refractivity contribution in [1.82, 2.24) is 4.90 Å². The maximum Gasteiger partial charge on any atom is 0.255 e. The highest BCUT2D eigenvalue weighted by Gasteiger charge is 2.27. The lowest BCUT2D eigenvalue weighted by Gasteiger charge is -2.35. The van der Waals surface area contributed by atoms with Gasteiger partial charge in [0.15, 0.2) is 0 Å². The summed E-state index contributed by atoms with van der Waals surface area (Å²) in [5.74, 6) is -0.0716. The van der Waals surface area contributed by atoms with Gasteiger partial charge in [-0.2, -0.15) is 0 Å². The Morgan fingerprint density at radius 1 is 1.39 bits per heavy atom. The van der Waals surface area contributed by atoms with E-state index in [4.69, 9.17) is 28.9 Å². The second-order valence-corrected chi connectivity index (χ2v) is 5.27. The van der Waals surface area contributed by atoms with Crippen molar-refractivity contribution in [3.05, 3.63) is 33.8 Å². The number of hydrogen-bond donors (Lipinski definition) is 1. The highest BCUT2D eigenvalue weighted by molar-refractivity contribution is 6.43. The molecule has 1 heterocycles. The maximum absolute atomic E-state index is 12.5. The first-order valence-corrected chi connectivity index (χ1v) is 6.85. The standard InChI is InChI=1S/C13H16Cl2N2O/c14-11-6-3-5-10(12(11)15)13(18)17-7-2-1-4-9(17)8-16/h3,5-6,9H,1-2,4,7-8,16H2/t9-/m0/s1. The molecule has 98 valence electrons. The van der Waals surface area contributed by atoms with Crippen molar-refractivity contribution in [3.63, 3.8) is 0 Å². The van der Waals surface area contributed by atoms with Crippen molar-refractivity contribution in [2.45, 2.75) is 25.3 Å². The normalized spacial score (nSPS) is 19.9. The van der Waals surface area contributed by atoms with Gasteiger partial charge in [0.1, 0.15) is 0 Å². The summed E-state index contributed by atoms with van der Waals surface area (Å²) < 4.78 is 0. The number of halogens is 2. The Morgan fingerprint density at radius 3 is 2.89 bits per heavy atom. The molecule has 1 saturated heterocycles. The van der Waals surface area contributed by atoms with Gasteiger partial charge < -0.3 is 10.6 Å². The average Bonchev–Trinajstić information content (AvgIpc) is 2.41. The van der Waals surface area contributed by atoms with Crippen LogP contribution in [-0.4, -0.2) is 29.9 Å². The minimum Gasteiger partial charge on any atom is -0.334 e. The van der Waals surface area contributed by atoms with Crippen LogP contribution in [0.15, 0.2) is 18.2 Å². The number of carbonyl (C=O) groups excluding carboxylic acids is 1. The number of nitrogens with zero attached hydrogens (tertiary/aromatic N) is 1. The molecule has 1 aromatic rings. The summed E-state index contributed by atoms with van der Waals surface area (Å²) in [5.41, 5.74) is 6.19. The lowest BCUT2D eigenvalue weighted by Crippen LogP contribution is -2.47. The lowest BCUT2D eigenvalue weighted by atomic mass is 10.0. The van der Waals surface area contributed by atoms with Crippen LogP contribution in [0, 0.1) is 0 Å². The molecule has 1 aliphatic rings. The molecule has 0 saturated carbocycles. The molecule has 1 fully saturated rings. The maximum atomic E-state index is 12.5. The Hall–Kier alpha value is -0.770. The summed E-state index contributed by atoms with van der Waals surface area (Å²) in [4.78, 5) is 14.3. The van der Waals surface area contributed by atoms with Crippen molar-refractivity contribution in [2.75, 3.05) is 13.1 Å². The van der Waals surface area contributed by atoms with Crippen molar-refractivity contribution in [1.29, 1.82) is 0 Å². The molecule has 5 heteroatoms. The van der Waals surface area contributed by atoms with E-state index in [0.29, 0.717) is 22.2 Å². The molecule has 0 unspecified atom stereocenters. The first kappa shape index (κ1) is 13.7. The average molecular weight is 287 g/mol. The van der Waals surface area contributed by atoms with E-state index >= 15 is 0 Å². The van der Waals surface area contributed by atoms with Crippen molar-refractivity contribution in [2.24, 2.45) is 5.73 Å². The number of piperidine rings is 1. The molecule has 0 radical (unpaired) electrons. The molecule has 0 aliphatic carbocycles. The van der Waals surface area contributed by atoms with E-state index in [0.717, 1.165) is 25.8 Å². The van der Waals surface area contributed by atoms with Gasteiger partial charge in [-0.15, -0.1) is 0 Å². The molecule has 1 aliphatic heterocycles. The molecule has 0 spiro atoms. The summed E-state index contributed by atoms with van der Waals surface area (Å²) in [7, 11) is 0. The topological polar surface area (TPSA) is 46.3 Å². The van der Waals surface area contributed by atoms with Crippen molar-refractivity contribution in [3.8, 4) is 0 Å². The molecule has 1 aromatic carbocycles. The first-order valence-electron chi connectivity index (χ1n) is 6.10. The zero-order chi connectivity index (χ0) is 13.1. The van der Waals surface area contributed by atoms with Crippen LogP contribution < -0.4 is 5.73 Å². The van der Waals surface area contributed by atoms with Gasteiger partial charge in [0.05, 0.1) is 15.6 Å². The third kappa shape index (κ3) is 2.63. The van der Waals surface area contributed by atoms with Gasteiger partial charge in [0, 0.05) is 19.1 Å². The summed E-state index contributed by atoms with van der Waals surface area (Å²) in [6.07, 6.45) is 3.09. The quantitative estimate of drug-likeness (QED) is 0.909. The van der Waals surface area contributed by atoms with Crippen LogP contribution in [0.3, 0.4) is 0 Å². The van der Waals surface area contributed by atoms with Crippen LogP contribution in [-0.2, 0) is 0 Å². The second-order valence-electron chi connectivity index (χ2n) is 4.49. The van der Waals surface area contributed by atoms with Gasteiger partial charge in [0.25, 0.3) is 5.91 Å². The summed E-state index contributed by atoms with van der Waals surface area (Å²) in [6, 6.07) is 5.24. The fourth-order valence-electron chi connectivity index (χ4n) is 2.34. The van der Waals surface area contributed by atoms with Crippen LogP contribution in [0.4, 0.5) is 0 Å². The van der Waals surface area contributed by atoms with E-state index in [1.165, 1.54) is 0 Å². The van der Waals surface area contributed by atoms with Gasteiger partial charge in [-0.3, -0.25) is 4.79 Å². The fourth-order valence-corrected chi connectivity index (χ4v) is 2.72. The molecular weight excluding hydrogens is 271 g/mol. The van der Waals surface area contributed by atoms with Crippen LogP contribution in [0.2, 0.25) is 10.0 Å². The zero-order valence-corrected chi connectivity index (χ0v) is 11.5. The van der Waals surface area contributed by atoms with Gasteiger partial charge in [-0.25, -0.2) is 0 Å². The molecule has 2 N–H and O–H groups in total. The molecule has 0 aromatic heterocycles. The number of amides is 1. The molecule has 0 bridgehead atoms. The van der Waals surface area contributed by atoms with Crippen LogP contribution in [0.1, 0.15) is 29.6 Å². The monoisotopic (exact) mass is 286 g/mol. The van der Waals surface area contributed by atoms with Gasteiger partial charge >= 0.3 is 0 Å². The lowest BCUT2D eigenvalue weighted by molar-refractivity contribution is 0.0623. The highest BCUT2D eigenvalue weighted by Crippen LogP contribution is 2.28. The van der Waals surface area contributed by atoms with Crippen LogP contribution in [0.25, 0.3) is 0 Å². The second kappa shape index (κ2) is 5.91. The van der Waals surface area contributed by atoms with Gasteiger partial charge in [0.2, 0.25) is 0 Å². The Morgan fingerprint density at radius 2 is 2.17 bits per heavy atom. The Balaban J connectivity index is 2.27. The molecule has 2 rings (SSSR count). The number of hydrogen-bond acceptors (Lipinski definition) is 2. The third-order valence-electron chi connectivity index (χ3n) is 3.34. The smallest absolute Gasteiger partial charge is 0.255 e. The summed E-state index contributed by atoms with van der Waals surface area (Å²) >= 11 is 12.0. The zero-order valence-electron chi connectivity index (χ0n) is 10.0. The number of rotatable bonds is 2. The summed E-state index contributed by atoms with van der Waals surface area (Å²) in [6.45, 7) is 1.23. The number of nitrogens with two attached hydrogens (primary N) is 1. The number of benzene rings is 1. The Labute approximate surface area is 117 Å². The van der Waals surface area contributed by atoms with E-state index < -0.39 is 0 Å². The SMILES string of the molecule is NC[C@@H]1CCCCN1C(=O)c1cccc(Cl)c1Cl. The minimum atomic E-state index is -0.0716.